The number of aliphatic hydroxyl groups excluding tert-OH is 1. The van der Waals surface area contributed by atoms with Gasteiger partial charge in [0.2, 0.25) is 0 Å². The lowest BCUT2D eigenvalue weighted by atomic mass is 9.44. The molecule has 4 aliphatic rings. The molecule has 0 radical (unpaired) electrons. The fourth-order valence-electron chi connectivity index (χ4n) is 5.48. The molecule has 4 saturated carbocycles. The van der Waals surface area contributed by atoms with Crippen molar-refractivity contribution in [3.05, 3.63) is 0 Å². The van der Waals surface area contributed by atoms with Crippen molar-refractivity contribution < 1.29 is 33.3 Å². The van der Waals surface area contributed by atoms with Gasteiger partial charge in [-0.3, -0.25) is 0 Å². The Labute approximate surface area is 132 Å². The predicted molar refractivity (Wildman–Crippen MR) is 74.8 cm³/mol. The zero-order valence-electron chi connectivity index (χ0n) is 12.3. The van der Waals surface area contributed by atoms with Crippen molar-refractivity contribution in [1.82, 2.24) is 0 Å². The summed E-state index contributed by atoms with van der Waals surface area (Å²) in [5.74, 6) is 1.19. The summed E-state index contributed by atoms with van der Waals surface area (Å²) < 4.78 is 35.9. The number of aliphatic hydroxyl groups is 1. The Balaban J connectivity index is 1.56. The van der Waals surface area contributed by atoms with E-state index in [9.17, 15) is 13.9 Å². The van der Waals surface area contributed by atoms with Crippen LogP contribution < -0.4 is 0 Å². The van der Waals surface area contributed by atoms with Gasteiger partial charge in [-0.15, -0.1) is 4.33 Å². The molecule has 0 aliphatic heterocycles. The SMILES string of the molecule is OCC12CC3CC(C1)CC(COCC(F)(F)SOOO)(C3)C2. The van der Waals surface area contributed by atoms with Crippen LogP contribution in [0.15, 0.2) is 0 Å². The van der Waals surface area contributed by atoms with E-state index in [1.165, 1.54) is 6.42 Å². The minimum Gasteiger partial charge on any atom is -0.396 e. The first-order chi connectivity index (χ1) is 10.4. The molecule has 5 nitrogen and oxygen atoms in total. The number of hydrogen-bond acceptors (Lipinski definition) is 6. The summed E-state index contributed by atoms with van der Waals surface area (Å²) in [7, 11) is 0. The zero-order valence-corrected chi connectivity index (χ0v) is 13.1. The molecule has 128 valence electrons. The highest BCUT2D eigenvalue weighted by Crippen LogP contribution is 2.65. The lowest BCUT2D eigenvalue weighted by Crippen LogP contribution is -2.55. The van der Waals surface area contributed by atoms with Crippen LogP contribution in [-0.4, -0.2) is 35.4 Å². The third-order valence-corrected chi connectivity index (χ3v) is 5.99. The Morgan fingerprint density at radius 3 is 2.36 bits per heavy atom. The minimum absolute atomic E-state index is 0.0153. The number of hydrogen-bond donors (Lipinski definition) is 2. The topological polar surface area (TPSA) is 68.2 Å². The van der Waals surface area contributed by atoms with E-state index < -0.39 is 11.9 Å². The highest BCUT2D eigenvalue weighted by molar-refractivity contribution is 7.95. The van der Waals surface area contributed by atoms with Gasteiger partial charge < -0.3 is 9.84 Å². The van der Waals surface area contributed by atoms with Gasteiger partial charge in [0.05, 0.1) is 6.61 Å². The molecule has 2 atom stereocenters. The van der Waals surface area contributed by atoms with Crippen LogP contribution in [0.25, 0.3) is 0 Å². The van der Waals surface area contributed by atoms with E-state index in [4.69, 9.17) is 9.99 Å². The Bertz CT molecular complexity index is 395. The molecule has 4 rings (SSSR count). The van der Waals surface area contributed by atoms with E-state index >= 15 is 0 Å². The number of halogens is 2. The molecule has 4 bridgehead atoms. The molecule has 0 aromatic rings. The summed E-state index contributed by atoms with van der Waals surface area (Å²) in [6.45, 7) is -0.308. The molecule has 2 unspecified atom stereocenters. The molecule has 0 saturated heterocycles. The molecule has 0 aromatic carbocycles. The Morgan fingerprint density at radius 1 is 1.14 bits per heavy atom. The van der Waals surface area contributed by atoms with Gasteiger partial charge >= 0.3 is 5.25 Å². The summed E-state index contributed by atoms with van der Waals surface area (Å²) in [6.07, 6.45) is 6.24. The average Bonchev–Trinajstić information content (AvgIpc) is 2.43. The Kier molecular flexibility index (Phi) is 4.70. The average molecular weight is 340 g/mol. The van der Waals surface area contributed by atoms with Crippen molar-refractivity contribution in [1.29, 1.82) is 0 Å². The van der Waals surface area contributed by atoms with Crippen LogP contribution in [-0.2, 0) is 14.1 Å². The monoisotopic (exact) mass is 340 g/mol. The fourth-order valence-corrected chi connectivity index (χ4v) is 5.74. The summed E-state index contributed by atoms with van der Waals surface area (Å²) in [5, 5.41) is 17.6. The molecular weight excluding hydrogens is 318 g/mol. The first-order valence-corrected chi connectivity index (χ1v) is 8.36. The van der Waals surface area contributed by atoms with Crippen molar-refractivity contribution in [2.24, 2.45) is 22.7 Å². The molecule has 0 heterocycles. The van der Waals surface area contributed by atoms with E-state index in [0.29, 0.717) is 11.8 Å². The Hall–Kier alpha value is 0.01000. The van der Waals surface area contributed by atoms with Crippen molar-refractivity contribution in [2.45, 2.75) is 43.8 Å². The summed E-state index contributed by atoms with van der Waals surface area (Å²) in [5.41, 5.74) is -0.0829. The number of alkyl halides is 2. The van der Waals surface area contributed by atoms with Crippen molar-refractivity contribution >= 4 is 12.0 Å². The first kappa shape index (κ1) is 16.9. The maximum absolute atomic E-state index is 13.4. The standard InChI is InChI=1S/C14H22F2O5S/c15-14(16,22-21-20-18)9-19-8-13-4-10-1-11(5-13)3-12(2-10,6-13)7-17/h10-11,17-18H,1-9H2. The molecule has 2 N–H and O–H groups in total. The van der Waals surface area contributed by atoms with Crippen LogP contribution in [0.1, 0.15) is 38.5 Å². The second-order valence-corrected chi connectivity index (χ2v) is 8.38. The van der Waals surface area contributed by atoms with Gasteiger partial charge in [-0.2, -0.15) is 8.78 Å². The van der Waals surface area contributed by atoms with Gasteiger partial charge in [-0.05, 0) is 61.2 Å². The lowest BCUT2D eigenvalue weighted by molar-refractivity contribution is -0.433. The van der Waals surface area contributed by atoms with Gasteiger partial charge in [0.1, 0.15) is 18.6 Å². The van der Waals surface area contributed by atoms with Crippen LogP contribution in [0.3, 0.4) is 0 Å². The maximum atomic E-state index is 13.4. The van der Waals surface area contributed by atoms with Crippen molar-refractivity contribution in [2.75, 3.05) is 19.8 Å². The third-order valence-electron chi connectivity index (χ3n) is 5.50. The van der Waals surface area contributed by atoms with Gasteiger partial charge in [-0.25, -0.2) is 5.26 Å². The summed E-state index contributed by atoms with van der Waals surface area (Å²) in [4.78, 5) is 0. The van der Waals surface area contributed by atoms with Gasteiger partial charge in [0, 0.05) is 6.61 Å². The lowest BCUT2D eigenvalue weighted by Gasteiger charge is -2.61. The second kappa shape index (κ2) is 6.14. The molecule has 0 spiro atoms. The first-order valence-electron chi connectivity index (χ1n) is 7.62. The maximum Gasteiger partial charge on any atom is 0.343 e. The smallest absolute Gasteiger partial charge is 0.343 e. The minimum atomic E-state index is -3.28. The van der Waals surface area contributed by atoms with Crippen LogP contribution in [0.2, 0.25) is 0 Å². The van der Waals surface area contributed by atoms with Crippen molar-refractivity contribution in [3.8, 4) is 0 Å². The quantitative estimate of drug-likeness (QED) is 0.402. The highest BCUT2D eigenvalue weighted by Gasteiger charge is 2.57. The summed E-state index contributed by atoms with van der Waals surface area (Å²) in [6, 6.07) is 0. The molecule has 22 heavy (non-hydrogen) atoms. The second-order valence-electron chi connectivity index (χ2n) is 7.48. The van der Waals surface area contributed by atoms with E-state index in [-0.39, 0.29) is 36.1 Å². The normalized spacial score (nSPS) is 40.4. The van der Waals surface area contributed by atoms with Crippen LogP contribution >= 0.6 is 12.0 Å². The molecule has 4 fully saturated rings. The van der Waals surface area contributed by atoms with Gasteiger partial charge in [0.15, 0.2) is 0 Å². The van der Waals surface area contributed by atoms with Gasteiger partial charge in [0.25, 0.3) is 0 Å². The number of rotatable bonds is 8. The largest absolute Gasteiger partial charge is 0.396 e. The summed E-state index contributed by atoms with van der Waals surface area (Å²) >= 11 is -0.271. The molecule has 4 aliphatic carbocycles. The van der Waals surface area contributed by atoms with E-state index in [1.807, 2.05) is 0 Å². The predicted octanol–water partition coefficient (Wildman–Crippen LogP) is 3.24. The van der Waals surface area contributed by atoms with E-state index in [2.05, 4.69) is 9.37 Å². The van der Waals surface area contributed by atoms with Crippen LogP contribution in [0.4, 0.5) is 8.78 Å². The Morgan fingerprint density at radius 2 is 1.77 bits per heavy atom. The zero-order chi connectivity index (χ0) is 15.8. The van der Waals surface area contributed by atoms with Crippen LogP contribution in [0, 0.1) is 22.7 Å². The third kappa shape index (κ3) is 3.42. The fraction of sp³-hybridized carbons (Fsp3) is 1.00. The molecule has 8 heteroatoms. The molecule has 0 amide bonds. The number of ether oxygens (including phenoxy) is 1. The van der Waals surface area contributed by atoms with Crippen molar-refractivity contribution in [3.63, 3.8) is 0 Å². The molecule has 0 aromatic heterocycles. The van der Waals surface area contributed by atoms with Gasteiger partial charge in [-0.1, -0.05) is 5.04 Å². The highest BCUT2D eigenvalue weighted by atomic mass is 32.2. The van der Waals surface area contributed by atoms with E-state index in [0.717, 1.165) is 32.1 Å². The molecular formula is C14H22F2O5S. The van der Waals surface area contributed by atoms with E-state index in [1.54, 1.807) is 0 Å². The van der Waals surface area contributed by atoms with Crippen LogP contribution in [0.5, 0.6) is 0 Å².